The first-order valence-electron chi connectivity index (χ1n) is 5.87. The van der Waals surface area contributed by atoms with E-state index in [0.717, 1.165) is 22.6 Å². The van der Waals surface area contributed by atoms with Crippen LogP contribution in [0.1, 0.15) is 12.6 Å². The van der Waals surface area contributed by atoms with E-state index in [-0.39, 0.29) is 5.56 Å². The summed E-state index contributed by atoms with van der Waals surface area (Å²) in [4.78, 5) is 16.4. The van der Waals surface area contributed by atoms with Gasteiger partial charge < -0.3 is 4.98 Å². The summed E-state index contributed by atoms with van der Waals surface area (Å²) in [5, 5.41) is 6.89. The van der Waals surface area contributed by atoms with Gasteiger partial charge in [-0.1, -0.05) is 6.92 Å². The summed E-state index contributed by atoms with van der Waals surface area (Å²) < 4.78 is 3.63. The highest BCUT2D eigenvalue weighted by molar-refractivity contribution is 7.71. The zero-order valence-electron chi connectivity index (χ0n) is 10.5. The zero-order valence-corrected chi connectivity index (χ0v) is 12.1. The van der Waals surface area contributed by atoms with E-state index in [1.165, 1.54) is 15.9 Å². The van der Waals surface area contributed by atoms with Crippen molar-refractivity contribution >= 4 is 33.8 Å². The molecule has 19 heavy (non-hydrogen) atoms. The zero-order chi connectivity index (χ0) is 13.6. The molecule has 1 N–H and O–H groups in total. The number of hydrogen-bond acceptors (Lipinski definition) is 4. The Hall–Kier alpha value is -1.73. The van der Waals surface area contributed by atoms with E-state index in [9.17, 15) is 4.79 Å². The number of aryl methyl sites for hydroxylation is 2. The maximum atomic E-state index is 12.5. The van der Waals surface area contributed by atoms with Crippen molar-refractivity contribution in [2.75, 3.05) is 0 Å². The number of aromatic amines is 1. The summed E-state index contributed by atoms with van der Waals surface area (Å²) >= 11 is 6.79. The first kappa shape index (κ1) is 12.3. The van der Waals surface area contributed by atoms with Crippen LogP contribution in [0.3, 0.4) is 0 Å². The molecule has 3 aromatic heterocycles. The van der Waals surface area contributed by atoms with Gasteiger partial charge in [0.05, 0.1) is 16.8 Å². The Morgan fingerprint density at radius 2 is 2.32 bits per heavy atom. The van der Waals surface area contributed by atoms with Gasteiger partial charge >= 0.3 is 0 Å². The maximum absolute atomic E-state index is 12.5. The maximum Gasteiger partial charge on any atom is 0.267 e. The molecule has 0 saturated carbocycles. The van der Waals surface area contributed by atoms with Crippen LogP contribution in [0.25, 0.3) is 15.9 Å². The van der Waals surface area contributed by atoms with E-state index in [1.54, 1.807) is 4.68 Å². The van der Waals surface area contributed by atoms with Crippen LogP contribution in [0.15, 0.2) is 22.4 Å². The third-order valence-corrected chi connectivity index (χ3v) is 4.10. The SMILES string of the molecule is CCc1nn(C)cc1-n1c(=S)[nH]c2sccc2c1=O. The van der Waals surface area contributed by atoms with Crippen molar-refractivity contribution < 1.29 is 0 Å². The van der Waals surface area contributed by atoms with Crippen molar-refractivity contribution in [1.29, 1.82) is 0 Å². The van der Waals surface area contributed by atoms with Crippen molar-refractivity contribution in [1.82, 2.24) is 19.3 Å². The van der Waals surface area contributed by atoms with Crippen LogP contribution in [0, 0.1) is 4.77 Å². The molecule has 7 heteroatoms. The number of rotatable bonds is 2. The predicted molar refractivity (Wildman–Crippen MR) is 78.8 cm³/mol. The van der Waals surface area contributed by atoms with Crippen LogP contribution >= 0.6 is 23.6 Å². The third kappa shape index (κ3) is 1.85. The molecule has 3 heterocycles. The van der Waals surface area contributed by atoms with E-state index in [1.807, 2.05) is 31.6 Å². The smallest absolute Gasteiger partial charge is 0.267 e. The van der Waals surface area contributed by atoms with E-state index < -0.39 is 0 Å². The summed E-state index contributed by atoms with van der Waals surface area (Å²) in [6, 6.07) is 1.81. The molecule has 0 bridgehead atoms. The highest BCUT2D eigenvalue weighted by Crippen LogP contribution is 2.17. The molecule has 0 spiro atoms. The highest BCUT2D eigenvalue weighted by Gasteiger charge is 2.13. The lowest BCUT2D eigenvalue weighted by Crippen LogP contribution is -2.20. The van der Waals surface area contributed by atoms with Crippen LogP contribution < -0.4 is 5.56 Å². The number of H-pyrrole nitrogens is 1. The van der Waals surface area contributed by atoms with Crippen LogP contribution in [0.2, 0.25) is 0 Å². The molecule has 3 rings (SSSR count). The average Bonchev–Trinajstić information content (AvgIpc) is 2.95. The number of fused-ring (bicyclic) bond motifs is 1. The Bertz CT molecular complexity index is 868. The molecule has 0 amide bonds. The Morgan fingerprint density at radius 3 is 3.05 bits per heavy atom. The molecule has 0 aliphatic carbocycles. The standard InChI is InChI=1S/C12H12N4OS2/c1-3-8-9(6-15(2)14-8)16-11(17)7-4-5-19-10(7)13-12(16)18/h4-6H,3H2,1-2H3,(H,13,18). The largest absolute Gasteiger partial charge is 0.323 e. The summed E-state index contributed by atoms with van der Waals surface area (Å²) in [6.45, 7) is 2.01. The number of hydrogen-bond donors (Lipinski definition) is 1. The molecule has 0 aliphatic rings. The van der Waals surface area contributed by atoms with Gasteiger partial charge in [0.2, 0.25) is 0 Å². The molecule has 0 aliphatic heterocycles. The lowest BCUT2D eigenvalue weighted by Gasteiger charge is -2.05. The molecule has 0 saturated heterocycles. The van der Waals surface area contributed by atoms with Gasteiger partial charge in [-0.05, 0) is 30.1 Å². The minimum atomic E-state index is -0.0947. The van der Waals surface area contributed by atoms with Crippen molar-refractivity contribution in [3.63, 3.8) is 0 Å². The predicted octanol–water partition coefficient (Wildman–Crippen LogP) is 2.41. The van der Waals surface area contributed by atoms with Gasteiger partial charge in [0.1, 0.15) is 4.83 Å². The summed E-state index contributed by atoms with van der Waals surface area (Å²) in [5.41, 5.74) is 1.52. The second kappa shape index (κ2) is 4.43. The van der Waals surface area contributed by atoms with Crippen molar-refractivity contribution in [3.8, 4) is 5.69 Å². The van der Waals surface area contributed by atoms with Crippen LogP contribution in [0.4, 0.5) is 0 Å². The lowest BCUT2D eigenvalue weighted by molar-refractivity contribution is 0.746. The monoisotopic (exact) mass is 292 g/mol. The summed E-state index contributed by atoms with van der Waals surface area (Å²) in [5.74, 6) is 0. The third-order valence-electron chi connectivity index (χ3n) is 2.98. The first-order chi connectivity index (χ1) is 9.11. The van der Waals surface area contributed by atoms with Crippen molar-refractivity contribution in [2.45, 2.75) is 13.3 Å². The van der Waals surface area contributed by atoms with E-state index >= 15 is 0 Å². The molecule has 3 aromatic rings. The van der Waals surface area contributed by atoms with E-state index in [2.05, 4.69) is 10.1 Å². The fourth-order valence-electron chi connectivity index (χ4n) is 2.12. The van der Waals surface area contributed by atoms with Crippen molar-refractivity contribution in [2.24, 2.45) is 7.05 Å². The Balaban J connectivity index is 2.42. The molecule has 5 nitrogen and oxygen atoms in total. The molecule has 0 atom stereocenters. The molecule has 98 valence electrons. The normalized spacial score (nSPS) is 11.3. The Kier molecular flexibility index (Phi) is 2.87. The van der Waals surface area contributed by atoms with Crippen LogP contribution in [0.5, 0.6) is 0 Å². The van der Waals surface area contributed by atoms with Gasteiger partial charge in [0, 0.05) is 13.2 Å². The Morgan fingerprint density at radius 1 is 1.53 bits per heavy atom. The van der Waals surface area contributed by atoms with Gasteiger partial charge in [0.15, 0.2) is 4.77 Å². The number of nitrogens with zero attached hydrogens (tertiary/aromatic N) is 3. The first-order valence-corrected chi connectivity index (χ1v) is 7.16. The second-order valence-electron chi connectivity index (χ2n) is 4.22. The lowest BCUT2D eigenvalue weighted by atomic mass is 10.3. The minimum Gasteiger partial charge on any atom is -0.323 e. The molecular weight excluding hydrogens is 280 g/mol. The average molecular weight is 292 g/mol. The van der Waals surface area contributed by atoms with Gasteiger partial charge in [-0.15, -0.1) is 11.3 Å². The van der Waals surface area contributed by atoms with Crippen LogP contribution in [-0.2, 0) is 13.5 Å². The highest BCUT2D eigenvalue weighted by atomic mass is 32.1. The van der Waals surface area contributed by atoms with E-state index in [4.69, 9.17) is 12.2 Å². The van der Waals surface area contributed by atoms with Gasteiger partial charge in [-0.25, -0.2) is 4.57 Å². The topological polar surface area (TPSA) is 55.6 Å². The van der Waals surface area contributed by atoms with Crippen LogP contribution in [-0.4, -0.2) is 19.3 Å². The fourth-order valence-corrected chi connectivity index (χ4v) is 3.25. The second-order valence-corrected chi connectivity index (χ2v) is 5.53. The number of thiophene rings is 1. The number of nitrogens with one attached hydrogen (secondary N) is 1. The van der Waals surface area contributed by atoms with Gasteiger partial charge in [-0.2, -0.15) is 5.10 Å². The molecule has 0 radical (unpaired) electrons. The number of aromatic nitrogens is 4. The van der Waals surface area contributed by atoms with Gasteiger partial charge in [-0.3, -0.25) is 9.48 Å². The molecular formula is C12H12N4OS2. The van der Waals surface area contributed by atoms with Crippen molar-refractivity contribution in [3.05, 3.63) is 38.5 Å². The minimum absolute atomic E-state index is 0.0947. The quantitative estimate of drug-likeness (QED) is 0.738. The Labute approximate surface area is 118 Å². The molecule has 0 unspecified atom stereocenters. The summed E-state index contributed by atoms with van der Waals surface area (Å²) in [7, 11) is 1.84. The fraction of sp³-hybridized carbons (Fsp3) is 0.250. The molecule has 0 aromatic carbocycles. The summed E-state index contributed by atoms with van der Waals surface area (Å²) in [6.07, 6.45) is 2.57. The van der Waals surface area contributed by atoms with E-state index in [0.29, 0.717) is 10.2 Å². The van der Waals surface area contributed by atoms with Gasteiger partial charge in [0.25, 0.3) is 5.56 Å². The molecule has 0 fully saturated rings.